The van der Waals surface area contributed by atoms with E-state index in [1.54, 1.807) is 40.9 Å². The van der Waals surface area contributed by atoms with Crippen molar-refractivity contribution in [1.82, 2.24) is 10.2 Å². The lowest BCUT2D eigenvalue weighted by molar-refractivity contribution is -0.135. The van der Waals surface area contributed by atoms with Crippen molar-refractivity contribution in [1.29, 1.82) is 0 Å². The molecule has 2 saturated heterocycles. The van der Waals surface area contributed by atoms with Gasteiger partial charge in [0.2, 0.25) is 11.8 Å². The molecule has 2 atom stereocenters. The van der Waals surface area contributed by atoms with Crippen molar-refractivity contribution in [2.75, 3.05) is 11.1 Å². The molecule has 140 valence electrons. The zero-order chi connectivity index (χ0) is 19.1. The zero-order valence-electron chi connectivity index (χ0n) is 15.6. The van der Waals surface area contributed by atoms with Crippen LogP contribution in [0.3, 0.4) is 0 Å². The molecule has 2 heterocycles. The molecule has 0 spiro atoms. The van der Waals surface area contributed by atoms with Crippen molar-refractivity contribution >= 4 is 35.2 Å². The molecule has 0 aliphatic carbocycles. The van der Waals surface area contributed by atoms with Crippen LogP contribution in [0.1, 0.15) is 50.9 Å². The first-order valence-electron chi connectivity index (χ1n) is 8.79. The van der Waals surface area contributed by atoms with Crippen molar-refractivity contribution in [3.05, 3.63) is 29.8 Å². The van der Waals surface area contributed by atoms with Gasteiger partial charge in [-0.2, -0.15) is 0 Å². The van der Waals surface area contributed by atoms with Gasteiger partial charge >= 0.3 is 0 Å². The summed E-state index contributed by atoms with van der Waals surface area (Å²) in [5, 5.41) is 5.77. The minimum absolute atomic E-state index is 0.0480. The molecule has 2 N–H and O–H groups in total. The number of thioether (sulfide) groups is 1. The summed E-state index contributed by atoms with van der Waals surface area (Å²) in [5.41, 5.74) is 0.850. The second-order valence-electron chi connectivity index (χ2n) is 8.04. The molecule has 2 aliphatic heterocycles. The molecule has 3 rings (SSSR count). The lowest BCUT2D eigenvalue weighted by Crippen LogP contribution is -2.48. The van der Waals surface area contributed by atoms with Gasteiger partial charge in [0, 0.05) is 29.0 Å². The molecule has 2 unspecified atom stereocenters. The number of nitrogens with one attached hydrogen (secondary N) is 2. The molecule has 1 aromatic rings. The standard InChI is InChI=1S/C19H25N3O3S/c1-18(2,3)21-16(24)12-5-7-13(8-6-12)20-17(25)14-11-26-19(4)10-9-15(23)22(14)19/h5-8,14H,9-11H2,1-4H3,(H,20,25)(H,21,24). The van der Waals surface area contributed by atoms with E-state index in [-0.39, 0.29) is 28.1 Å². The van der Waals surface area contributed by atoms with E-state index in [2.05, 4.69) is 10.6 Å². The Balaban J connectivity index is 1.65. The van der Waals surface area contributed by atoms with Gasteiger partial charge in [0.25, 0.3) is 5.91 Å². The van der Waals surface area contributed by atoms with Gasteiger partial charge in [-0.15, -0.1) is 11.8 Å². The number of hydrogen-bond acceptors (Lipinski definition) is 4. The third-order valence-electron chi connectivity index (χ3n) is 4.65. The Morgan fingerprint density at radius 3 is 2.50 bits per heavy atom. The maximum Gasteiger partial charge on any atom is 0.251 e. The van der Waals surface area contributed by atoms with Crippen molar-refractivity contribution in [3.8, 4) is 0 Å². The number of carbonyl (C=O) groups is 3. The summed E-state index contributed by atoms with van der Waals surface area (Å²) in [5.74, 6) is 0.330. The third kappa shape index (κ3) is 3.72. The molecule has 26 heavy (non-hydrogen) atoms. The Bertz CT molecular complexity index is 741. The summed E-state index contributed by atoms with van der Waals surface area (Å²) in [6.07, 6.45) is 1.29. The first kappa shape index (κ1) is 18.8. The molecule has 0 saturated carbocycles. The molecule has 3 amide bonds. The first-order chi connectivity index (χ1) is 12.1. The van der Waals surface area contributed by atoms with Gasteiger partial charge in [-0.25, -0.2) is 0 Å². The Morgan fingerprint density at radius 2 is 1.88 bits per heavy atom. The lowest BCUT2D eigenvalue weighted by atomic mass is 10.1. The number of benzene rings is 1. The van der Waals surface area contributed by atoms with Crippen molar-refractivity contribution in [2.45, 2.75) is 57.0 Å². The van der Waals surface area contributed by atoms with Gasteiger partial charge in [0.1, 0.15) is 6.04 Å². The van der Waals surface area contributed by atoms with Gasteiger partial charge in [-0.1, -0.05) is 0 Å². The minimum Gasteiger partial charge on any atom is -0.347 e. The smallest absolute Gasteiger partial charge is 0.251 e. The molecular weight excluding hydrogens is 350 g/mol. The van der Waals surface area contributed by atoms with Crippen LogP contribution < -0.4 is 10.6 Å². The zero-order valence-corrected chi connectivity index (χ0v) is 16.4. The average molecular weight is 375 g/mol. The molecule has 0 bridgehead atoms. The topological polar surface area (TPSA) is 78.5 Å². The predicted octanol–water partition coefficient (Wildman–Crippen LogP) is 2.61. The first-order valence-corrected chi connectivity index (χ1v) is 9.77. The summed E-state index contributed by atoms with van der Waals surface area (Å²) in [6.45, 7) is 7.80. The highest BCUT2D eigenvalue weighted by Gasteiger charge is 2.52. The number of anilines is 1. The number of nitrogens with zero attached hydrogens (tertiary/aromatic N) is 1. The van der Waals surface area contributed by atoms with E-state index in [1.165, 1.54) is 0 Å². The number of rotatable bonds is 3. The van der Waals surface area contributed by atoms with Crippen LogP contribution in [0.15, 0.2) is 24.3 Å². The van der Waals surface area contributed by atoms with E-state index in [0.29, 0.717) is 23.4 Å². The fourth-order valence-corrected chi connectivity index (χ4v) is 4.79. The van der Waals surface area contributed by atoms with Crippen molar-refractivity contribution in [3.63, 3.8) is 0 Å². The molecule has 6 nitrogen and oxygen atoms in total. The molecule has 2 aliphatic rings. The molecule has 2 fully saturated rings. The fourth-order valence-electron chi connectivity index (χ4n) is 3.36. The number of amides is 3. The number of carbonyl (C=O) groups excluding carboxylic acids is 3. The summed E-state index contributed by atoms with van der Waals surface area (Å²) in [6, 6.07) is 6.35. The van der Waals surface area contributed by atoms with E-state index in [0.717, 1.165) is 6.42 Å². The molecule has 1 aromatic carbocycles. The lowest BCUT2D eigenvalue weighted by Gasteiger charge is -2.29. The maximum absolute atomic E-state index is 12.7. The highest BCUT2D eigenvalue weighted by atomic mass is 32.2. The van der Waals surface area contributed by atoms with E-state index in [1.807, 2.05) is 27.7 Å². The molecule has 0 radical (unpaired) electrons. The van der Waals surface area contributed by atoms with Crippen LogP contribution in [0.5, 0.6) is 0 Å². The van der Waals surface area contributed by atoms with Gasteiger partial charge in [0.15, 0.2) is 0 Å². The summed E-state index contributed by atoms with van der Waals surface area (Å²) >= 11 is 1.67. The Hall–Kier alpha value is -2.02. The molecule has 0 aromatic heterocycles. The van der Waals surface area contributed by atoms with Crippen molar-refractivity contribution in [2.24, 2.45) is 0 Å². The second-order valence-corrected chi connectivity index (χ2v) is 9.54. The minimum atomic E-state index is -0.441. The monoisotopic (exact) mass is 375 g/mol. The van der Waals surface area contributed by atoms with Crippen LogP contribution in [0.2, 0.25) is 0 Å². The average Bonchev–Trinajstić information content (AvgIpc) is 3.03. The highest BCUT2D eigenvalue weighted by Crippen LogP contribution is 2.47. The predicted molar refractivity (Wildman–Crippen MR) is 103 cm³/mol. The molecular formula is C19H25N3O3S. The van der Waals surface area contributed by atoms with Crippen LogP contribution >= 0.6 is 11.8 Å². The van der Waals surface area contributed by atoms with Crippen molar-refractivity contribution < 1.29 is 14.4 Å². The van der Waals surface area contributed by atoms with Gasteiger partial charge < -0.3 is 15.5 Å². The van der Waals surface area contributed by atoms with Crippen LogP contribution in [0.4, 0.5) is 5.69 Å². The van der Waals surface area contributed by atoms with E-state index in [9.17, 15) is 14.4 Å². The third-order valence-corrected chi connectivity index (χ3v) is 6.16. The maximum atomic E-state index is 12.7. The van der Waals surface area contributed by atoms with Gasteiger partial charge in [0.05, 0.1) is 4.87 Å². The largest absolute Gasteiger partial charge is 0.347 e. The Labute approximate surface area is 158 Å². The Morgan fingerprint density at radius 1 is 1.23 bits per heavy atom. The number of fused-ring (bicyclic) bond motifs is 1. The van der Waals surface area contributed by atoms with Gasteiger partial charge in [-0.3, -0.25) is 14.4 Å². The quantitative estimate of drug-likeness (QED) is 0.851. The van der Waals surface area contributed by atoms with E-state index >= 15 is 0 Å². The summed E-state index contributed by atoms with van der Waals surface area (Å²) in [4.78, 5) is 38.4. The van der Waals surface area contributed by atoms with Crippen LogP contribution in [-0.2, 0) is 9.59 Å². The van der Waals surface area contributed by atoms with E-state index < -0.39 is 6.04 Å². The van der Waals surface area contributed by atoms with Crippen LogP contribution in [0, 0.1) is 0 Å². The summed E-state index contributed by atoms with van der Waals surface area (Å²) < 4.78 is 0. The van der Waals surface area contributed by atoms with Gasteiger partial charge in [-0.05, 0) is 58.4 Å². The van der Waals surface area contributed by atoms with Crippen LogP contribution in [-0.4, -0.2) is 44.8 Å². The molecule has 7 heteroatoms. The SMILES string of the molecule is CC(C)(C)NC(=O)c1ccc(NC(=O)C2CSC3(C)CCC(=O)N23)cc1. The highest BCUT2D eigenvalue weighted by molar-refractivity contribution is 8.01. The van der Waals surface area contributed by atoms with E-state index in [4.69, 9.17) is 0 Å². The fraction of sp³-hybridized carbons (Fsp3) is 0.526. The normalized spacial score (nSPS) is 25.2. The Kier molecular flexibility index (Phi) is 4.77. The second kappa shape index (κ2) is 6.61. The van der Waals surface area contributed by atoms with Crippen LogP contribution in [0.25, 0.3) is 0 Å². The summed E-state index contributed by atoms with van der Waals surface area (Å²) in [7, 11) is 0. The number of hydrogen-bond donors (Lipinski definition) is 2.